The molecule has 1 aromatic carbocycles. The molecule has 0 aliphatic rings. The van der Waals surface area contributed by atoms with Gasteiger partial charge in [-0.1, -0.05) is 26.0 Å². The Labute approximate surface area is 276 Å². The zero-order chi connectivity index (χ0) is 35.9. The highest BCUT2D eigenvalue weighted by molar-refractivity contribution is 5.99. The zero-order valence-electron chi connectivity index (χ0n) is 28.7. The summed E-state index contributed by atoms with van der Waals surface area (Å²) in [6, 6.07) is 2.26. The molecular formula is C32H52N6O9. The van der Waals surface area contributed by atoms with Crippen molar-refractivity contribution in [1.82, 2.24) is 21.3 Å². The number of carbonyl (C=O) groups excluding carboxylic acids is 6. The minimum absolute atomic E-state index is 0.115. The summed E-state index contributed by atoms with van der Waals surface area (Å²) in [5.41, 5.74) is 4.58. The van der Waals surface area contributed by atoms with E-state index in [1.165, 1.54) is 0 Å². The van der Waals surface area contributed by atoms with Crippen LogP contribution in [0.5, 0.6) is 0 Å². The Morgan fingerprint density at radius 3 is 1.87 bits per heavy atom. The van der Waals surface area contributed by atoms with E-state index in [9.17, 15) is 33.9 Å². The van der Waals surface area contributed by atoms with Crippen LogP contribution in [0.25, 0.3) is 0 Å². The topological polar surface area (TPSA) is 227 Å². The third kappa shape index (κ3) is 17.2. The molecule has 0 radical (unpaired) electrons. The summed E-state index contributed by atoms with van der Waals surface area (Å²) in [5.74, 6) is -3.01. The molecule has 0 heterocycles. The van der Waals surface area contributed by atoms with Crippen LogP contribution in [-0.4, -0.2) is 76.8 Å². The van der Waals surface area contributed by atoms with Crippen LogP contribution < -0.4 is 32.3 Å². The van der Waals surface area contributed by atoms with Gasteiger partial charge in [-0.25, -0.2) is 9.59 Å². The third-order valence-corrected chi connectivity index (χ3v) is 6.32. The zero-order valence-corrected chi connectivity index (χ0v) is 28.7. The number of aliphatic hydroxyl groups is 1. The van der Waals surface area contributed by atoms with Crippen molar-refractivity contribution in [3.05, 3.63) is 29.8 Å². The second-order valence-corrected chi connectivity index (χ2v) is 13.4. The normalized spacial score (nSPS) is 13.4. The second kappa shape index (κ2) is 18.7. The van der Waals surface area contributed by atoms with Gasteiger partial charge in [0.2, 0.25) is 17.7 Å². The number of benzene rings is 1. The van der Waals surface area contributed by atoms with Gasteiger partial charge in [0.25, 0.3) is 0 Å². The number of primary amides is 1. The number of nitrogens with one attached hydrogen (secondary N) is 5. The summed E-state index contributed by atoms with van der Waals surface area (Å²) in [6.07, 6.45) is -0.829. The number of amides is 6. The SMILES string of the molecule is CC(C)[C@H](NC(=O)[C@H](CCC(=O)OC(C)(C)C)NC(=O)OC(C)(C)C)C(=O)N[C@@H](CCCNC(N)=O)C(=O)Nc1ccc(CO)cc1. The molecule has 3 atom stereocenters. The van der Waals surface area contributed by atoms with E-state index in [1.807, 2.05) is 0 Å². The molecule has 8 N–H and O–H groups in total. The molecule has 1 rings (SSSR count). The number of hydrogen-bond donors (Lipinski definition) is 7. The van der Waals surface area contributed by atoms with Crippen LogP contribution >= 0.6 is 0 Å². The lowest BCUT2D eigenvalue weighted by Gasteiger charge is -2.28. The Kier molecular flexibility index (Phi) is 16.1. The lowest BCUT2D eigenvalue weighted by Crippen LogP contribution is -2.58. The minimum atomic E-state index is -1.26. The molecule has 1 aromatic rings. The van der Waals surface area contributed by atoms with Gasteiger partial charge in [0.05, 0.1) is 6.61 Å². The van der Waals surface area contributed by atoms with Gasteiger partial charge in [-0.3, -0.25) is 19.2 Å². The fraction of sp³-hybridized carbons (Fsp3) is 0.625. The molecule has 0 aromatic heterocycles. The van der Waals surface area contributed by atoms with Gasteiger partial charge < -0.3 is 46.9 Å². The molecule has 0 unspecified atom stereocenters. The number of ether oxygens (including phenoxy) is 2. The number of alkyl carbamates (subject to hydrolysis) is 1. The van der Waals surface area contributed by atoms with Gasteiger partial charge in [0, 0.05) is 18.7 Å². The molecule has 0 aliphatic heterocycles. The standard InChI is InChI=1S/C32H52N6O9/c1-19(2)25(38-27(42)23(37-30(45)47-32(6,7)8)15-16-24(40)46-31(3,4)5)28(43)36-22(10-9-17-34-29(33)44)26(41)35-21-13-11-20(18-39)12-14-21/h11-14,19,22-23,25,39H,9-10,15-18H2,1-8H3,(H,35,41)(H,36,43)(H,37,45)(H,38,42)(H3,33,34,44)/t22-,23-,25-/m0/s1. The summed E-state index contributed by atoms with van der Waals surface area (Å²) >= 11 is 0. The lowest BCUT2D eigenvalue weighted by molar-refractivity contribution is -0.155. The van der Waals surface area contributed by atoms with Crippen molar-refractivity contribution in [2.24, 2.45) is 11.7 Å². The molecule has 0 spiro atoms. The summed E-state index contributed by atoms with van der Waals surface area (Å²) in [7, 11) is 0. The Hall–Kier alpha value is -4.40. The fourth-order valence-electron chi connectivity index (χ4n) is 4.13. The molecule has 0 bridgehead atoms. The maximum absolute atomic E-state index is 13.6. The van der Waals surface area contributed by atoms with Crippen LogP contribution in [0.4, 0.5) is 15.3 Å². The van der Waals surface area contributed by atoms with Crippen molar-refractivity contribution >= 4 is 41.5 Å². The first-order valence-electron chi connectivity index (χ1n) is 15.6. The van der Waals surface area contributed by atoms with Gasteiger partial charge in [-0.2, -0.15) is 0 Å². The molecule has 0 fully saturated rings. The van der Waals surface area contributed by atoms with E-state index >= 15 is 0 Å². The first-order chi connectivity index (χ1) is 21.7. The van der Waals surface area contributed by atoms with Crippen molar-refractivity contribution in [3.8, 4) is 0 Å². The molecule has 47 heavy (non-hydrogen) atoms. The molecule has 0 aliphatic carbocycles. The number of carbonyl (C=O) groups is 6. The van der Waals surface area contributed by atoms with Crippen LogP contribution in [0.3, 0.4) is 0 Å². The van der Waals surface area contributed by atoms with E-state index in [1.54, 1.807) is 79.7 Å². The number of nitrogens with two attached hydrogens (primary N) is 1. The molecule has 15 nitrogen and oxygen atoms in total. The highest BCUT2D eigenvalue weighted by Gasteiger charge is 2.33. The predicted molar refractivity (Wildman–Crippen MR) is 175 cm³/mol. The maximum atomic E-state index is 13.6. The van der Waals surface area contributed by atoms with Crippen LogP contribution in [0.1, 0.15) is 86.6 Å². The van der Waals surface area contributed by atoms with Crippen molar-refractivity contribution < 1.29 is 43.3 Å². The van der Waals surface area contributed by atoms with Gasteiger partial charge >= 0.3 is 18.1 Å². The first kappa shape index (κ1) is 40.6. The van der Waals surface area contributed by atoms with Gasteiger partial charge in [-0.05, 0) is 84.4 Å². The van der Waals surface area contributed by atoms with Gasteiger partial charge in [0.1, 0.15) is 29.3 Å². The molecule has 15 heteroatoms. The quantitative estimate of drug-likeness (QED) is 0.101. The van der Waals surface area contributed by atoms with E-state index in [0.717, 1.165) is 0 Å². The van der Waals surface area contributed by atoms with Crippen molar-refractivity contribution in [1.29, 1.82) is 0 Å². The van der Waals surface area contributed by atoms with Gasteiger partial charge in [-0.15, -0.1) is 0 Å². The average Bonchev–Trinajstić information content (AvgIpc) is 2.93. The monoisotopic (exact) mass is 664 g/mol. The number of hydrogen-bond acceptors (Lipinski definition) is 9. The predicted octanol–water partition coefficient (Wildman–Crippen LogP) is 2.21. The maximum Gasteiger partial charge on any atom is 0.408 e. The number of rotatable bonds is 16. The second-order valence-electron chi connectivity index (χ2n) is 13.4. The van der Waals surface area contributed by atoms with Crippen LogP contribution in [-0.2, 0) is 35.3 Å². The van der Waals surface area contributed by atoms with Crippen LogP contribution in [0.2, 0.25) is 0 Å². The fourth-order valence-corrected chi connectivity index (χ4v) is 4.13. The largest absolute Gasteiger partial charge is 0.460 e. The molecule has 6 amide bonds. The van der Waals surface area contributed by atoms with E-state index in [4.69, 9.17) is 15.2 Å². The smallest absolute Gasteiger partial charge is 0.408 e. The van der Waals surface area contributed by atoms with E-state index in [2.05, 4.69) is 26.6 Å². The Balaban J connectivity index is 3.15. The summed E-state index contributed by atoms with van der Waals surface area (Å²) in [6.45, 7) is 13.4. The number of esters is 1. The number of anilines is 1. The van der Waals surface area contributed by atoms with Crippen LogP contribution in [0.15, 0.2) is 24.3 Å². The highest BCUT2D eigenvalue weighted by atomic mass is 16.6. The average molecular weight is 665 g/mol. The lowest BCUT2D eigenvalue weighted by atomic mass is 10.0. The molecule has 0 saturated heterocycles. The summed E-state index contributed by atoms with van der Waals surface area (Å²) < 4.78 is 10.6. The molecular weight excluding hydrogens is 612 g/mol. The molecule has 264 valence electrons. The number of urea groups is 1. The van der Waals surface area contributed by atoms with Crippen molar-refractivity contribution in [2.45, 2.75) is 117 Å². The first-order valence-corrected chi connectivity index (χ1v) is 15.6. The van der Waals surface area contributed by atoms with Crippen molar-refractivity contribution in [3.63, 3.8) is 0 Å². The van der Waals surface area contributed by atoms with Crippen molar-refractivity contribution in [2.75, 3.05) is 11.9 Å². The Morgan fingerprint density at radius 1 is 0.787 bits per heavy atom. The summed E-state index contributed by atoms with van der Waals surface area (Å²) in [4.78, 5) is 76.4. The minimum Gasteiger partial charge on any atom is -0.460 e. The van der Waals surface area contributed by atoms with E-state index < -0.39 is 71.1 Å². The Bertz CT molecular complexity index is 1220. The van der Waals surface area contributed by atoms with E-state index in [0.29, 0.717) is 11.3 Å². The number of aliphatic hydroxyl groups excluding tert-OH is 1. The van der Waals surface area contributed by atoms with Gasteiger partial charge in [0.15, 0.2) is 0 Å². The summed E-state index contributed by atoms with van der Waals surface area (Å²) in [5, 5.41) is 22.2. The third-order valence-electron chi connectivity index (χ3n) is 6.32. The Morgan fingerprint density at radius 2 is 1.36 bits per heavy atom. The van der Waals surface area contributed by atoms with E-state index in [-0.39, 0.29) is 38.8 Å². The molecule has 0 saturated carbocycles. The highest BCUT2D eigenvalue weighted by Crippen LogP contribution is 2.14. The van der Waals surface area contributed by atoms with Crippen LogP contribution in [0, 0.1) is 5.92 Å².